The number of carbonyl (C=O) groups excluding carboxylic acids is 1. The van der Waals surface area contributed by atoms with Gasteiger partial charge in [0.1, 0.15) is 5.75 Å². The highest BCUT2D eigenvalue weighted by atomic mass is 16.5. The number of methoxy groups -OCH3 is 1. The van der Waals surface area contributed by atoms with E-state index in [1.165, 1.54) is 12.1 Å². The number of nitrogens with zero attached hydrogens (tertiary/aromatic N) is 2. The molecule has 8 nitrogen and oxygen atoms in total. The molecular formula is C27H30N2O6. The first-order chi connectivity index (χ1) is 17.0. The zero-order chi connectivity index (χ0) is 24.5. The van der Waals surface area contributed by atoms with E-state index in [1.807, 2.05) is 25.1 Å². The first-order valence-electron chi connectivity index (χ1n) is 11.9. The summed E-state index contributed by atoms with van der Waals surface area (Å²) in [4.78, 5) is 15.4. The van der Waals surface area contributed by atoms with E-state index in [-0.39, 0.29) is 28.6 Å². The Kier molecular flexibility index (Phi) is 6.40. The van der Waals surface area contributed by atoms with Gasteiger partial charge in [-0.05, 0) is 62.7 Å². The molecule has 0 unspecified atom stereocenters. The normalized spacial score (nSPS) is 17.2. The lowest BCUT2D eigenvalue weighted by atomic mass is 10.1. The third kappa shape index (κ3) is 4.35. The van der Waals surface area contributed by atoms with Crippen molar-refractivity contribution in [2.45, 2.75) is 26.3 Å². The van der Waals surface area contributed by atoms with Gasteiger partial charge in [-0.15, -0.1) is 0 Å². The SMILES string of the molecule is COc1ccc2c(c1)c(C=C1Oc3c(ccc(O)c3O)C1=O)c(C)n2CCCCN1CCOCC1. The Bertz CT molecular complexity index is 1300. The maximum absolute atomic E-state index is 13.0. The second-order valence-electron chi connectivity index (χ2n) is 8.94. The Morgan fingerprint density at radius 2 is 1.86 bits per heavy atom. The molecule has 1 fully saturated rings. The Balaban J connectivity index is 1.44. The molecule has 0 bridgehead atoms. The standard InChI is InChI=1S/C27H30N2O6/c1-17-20(16-24-25(31)19-6-8-23(30)26(32)27(19)35-24)21-15-18(33-2)5-7-22(21)29(17)10-4-3-9-28-11-13-34-14-12-28/h5-8,15-16,30,32H,3-4,9-14H2,1-2H3. The average molecular weight is 479 g/mol. The van der Waals surface area contributed by atoms with Gasteiger partial charge in [0.05, 0.1) is 25.9 Å². The fraction of sp³-hybridized carbons (Fsp3) is 0.370. The highest BCUT2D eigenvalue weighted by Crippen LogP contribution is 2.44. The number of ketones is 1. The summed E-state index contributed by atoms with van der Waals surface area (Å²) in [6.45, 7) is 7.55. The summed E-state index contributed by atoms with van der Waals surface area (Å²) >= 11 is 0. The number of allylic oxidation sites excluding steroid dienone is 1. The van der Waals surface area contributed by atoms with Crippen molar-refractivity contribution < 1.29 is 29.2 Å². The maximum atomic E-state index is 13.0. The van der Waals surface area contributed by atoms with Gasteiger partial charge < -0.3 is 29.0 Å². The number of Topliss-reactive ketones (excluding diaryl/α,β-unsaturated/α-hetero) is 1. The molecule has 5 rings (SSSR count). The summed E-state index contributed by atoms with van der Waals surface area (Å²) < 4.78 is 18.9. The Hall–Kier alpha value is -3.49. The molecule has 8 heteroatoms. The molecule has 0 amide bonds. The van der Waals surface area contributed by atoms with Gasteiger partial charge in [-0.3, -0.25) is 9.69 Å². The van der Waals surface area contributed by atoms with Crippen LogP contribution < -0.4 is 9.47 Å². The molecule has 0 saturated carbocycles. The Labute approximate surface area is 203 Å². The smallest absolute Gasteiger partial charge is 0.232 e. The lowest BCUT2D eigenvalue weighted by molar-refractivity contribution is 0.0371. The third-order valence-electron chi connectivity index (χ3n) is 6.86. The van der Waals surface area contributed by atoms with E-state index in [2.05, 4.69) is 9.47 Å². The predicted octanol–water partition coefficient (Wildman–Crippen LogP) is 4.10. The van der Waals surface area contributed by atoms with Crippen molar-refractivity contribution in [2.75, 3.05) is 40.0 Å². The molecule has 0 aliphatic carbocycles. The number of aromatic hydroxyl groups is 2. The number of benzene rings is 2. The van der Waals surface area contributed by atoms with Gasteiger partial charge in [0.2, 0.25) is 11.5 Å². The van der Waals surface area contributed by atoms with Crippen LogP contribution in [-0.4, -0.2) is 65.4 Å². The van der Waals surface area contributed by atoms with Crippen molar-refractivity contribution in [2.24, 2.45) is 0 Å². The van der Waals surface area contributed by atoms with E-state index in [0.717, 1.165) is 80.1 Å². The highest BCUT2D eigenvalue weighted by molar-refractivity contribution is 6.16. The number of aryl methyl sites for hydroxylation is 1. The van der Waals surface area contributed by atoms with E-state index < -0.39 is 5.75 Å². The molecular weight excluding hydrogens is 448 g/mol. The first kappa shape index (κ1) is 23.3. The van der Waals surface area contributed by atoms with Crippen molar-refractivity contribution in [3.8, 4) is 23.0 Å². The van der Waals surface area contributed by atoms with Gasteiger partial charge in [0.15, 0.2) is 17.3 Å². The summed E-state index contributed by atoms with van der Waals surface area (Å²) in [5, 5.41) is 20.9. The molecule has 3 heterocycles. The quantitative estimate of drug-likeness (QED) is 0.300. The molecule has 0 spiro atoms. The minimum atomic E-state index is -0.430. The second-order valence-corrected chi connectivity index (χ2v) is 8.94. The molecule has 2 aromatic carbocycles. The van der Waals surface area contributed by atoms with Gasteiger partial charge in [-0.2, -0.15) is 0 Å². The molecule has 0 atom stereocenters. The summed E-state index contributed by atoms with van der Waals surface area (Å²) in [6.07, 6.45) is 3.84. The average Bonchev–Trinajstić information content (AvgIpc) is 3.33. The summed E-state index contributed by atoms with van der Waals surface area (Å²) in [7, 11) is 1.63. The van der Waals surface area contributed by atoms with Crippen LogP contribution in [0.3, 0.4) is 0 Å². The van der Waals surface area contributed by atoms with Crippen LogP contribution in [0, 0.1) is 6.92 Å². The fourth-order valence-electron chi connectivity index (χ4n) is 4.87. The third-order valence-corrected chi connectivity index (χ3v) is 6.86. The first-order valence-corrected chi connectivity index (χ1v) is 11.9. The Morgan fingerprint density at radius 3 is 2.63 bits per heavy atom. The monoisotopic (exact) mass is 478 g/mol. The molecule has 1 saturated heterocycles. The Morgan fingerprint density at radius 1 is 1.09 bits per heavy atom. The van der Waals surface area contributed by atoms with Crippen LogP contribution in [0.25, 0.3) is 17.0 Å². The van der Waals surface area contributed by atoms with Crippen LogP contribution in [0.4, 0.5) is 0 Å². The molecule has 3 aromatic rings. The van der Waals surface area contributed by atoms with Gasteiger partial charge in [-0.1, -0.05) is 0 Å². The zero-order valence-corrected chi connectivity index (χ0v) is 20.0. The number of carbonyl (C=O) groups is 1. The van der Waals surface area contributed by atoms with Crippen LogP contribution in [0.2, 0.25) is 0 Å². The number of ether oxygens (including phenoxy) is 3. The number of phenols is 2. The fourth-order valence-corrected chi connectivity index (χ4v) is 4.87. The number of fused-ring (bicyclic) bond motifs is 2. The van der Waals surface area contributed by atoms with Crippen LogP contribution in [-0.2, 0) is 11.3 Å². The maximum Gasteiger partial charge on any atom is 0.232 e. The van der Waals surface area contributed by atoms with Gasteiger partial charge in [0.25, 0.3) is 0 Å². The number of rotatable bonds is 7. The second kappa shape index (κ2) is 9.64. The number of unbranched alkanes of at least 4 members (excludes halogenated alkanes) is 1. The summed E-state index contributed by atoms with van der Waals surface area (Å²) in [5.41, 5.74) is 3.18. The molecule has 2 N–H and O–H groups in total. The van der Waals surface area contributed by atoms with Crippen LogP contribution in [0.15, 0.2) is 36.1 Å². The lowest BCUT2D eigenvalue weighted by Crippen LogP contribution is -2.36. The van der Waals surface area contributed by atoms with Crippen molar-refractivity contribution >= 4 is 22.8 Å². The van der Waals surface area contributed by atoms with Gasteiger partial charge >= 0.3 is 0 Å². The number of morpholine rings is 1. The minimum Gasteiger partial charge on any atom is -0.504 e. The molecule has 0 radical (unpaired) electrons. The molecule has 35 heavy (non-hydrogen) atoms. The van der Waals surface area contributed by atoms with E-state index in [0.29, 0.717) is 0 Å². The van der Waals surface area contributed by atoms with Crippen LogP contribution in [0.5, 0.6) is 23.0 Å². The van der Waals surface area contributed by atoms with E-state index >= 15 is 0 Å². The summed E-state index contributed by atoms with van der Waals surface area (Å²) in [5.74, 6) is -0.260. The zero-order valence-electron chi connectivity index (χ0n) is 20.0. The largest absolute Gasteiger partial charge is 0.504 e. The van der Waals surface area contributed by atoms with Crippen LogP contribution >= 0.6 is 0 Å². The van der Waals surface area contributed by atoms with E-state index in [9.17, 15) is 15.0 Å². The van der Waals surface area contributed by atoms with Crippen molar-refractivity contribution in [3.63, 3.8) is 0 Å². The molecule has 184 valence electrons. The minimum absolute atomic E-state index is 0.0108. The number of phenolic OH excluding ortho intramolecular Hbond substituents is 2. The number of hydrogen-bond acceptors (Lipinski definition) is 7. The number of hydrogen-bond donors (Lipinski definition) is 2. The topological polar surface area (TPSA) is 93.4 Å². The molecule has 1 aromatic heterocycles. The van der Waals surface area contributed by atoms with Crippen molar-refractivity contribution in [1.82, 2.24) is 9.47 Å². The summed E-state index contributed by atoms with van der Waals surface area (Å²) in [6, 6.07) is 8.70. The van der Waals surface area contributed by atoms with E-state index in [1.54, 1.807) is 13.2 Å². The molecule has 2 aliphatic heterocycles. The van der Waals surface area contributed by atoms with Gasteiger partial charge in [-0.25, -0.2) is 0 Å². The van der Waals surface area contributed by atoms with E-state index in [4.69, 9.17) is 14.2 Å². The highest BCUT2D eigenvalue weighted by Gasteiger charge is 2.32. The lowest BCUT2D eigenvalue weighted by Gasteiger charge is -2.26. The predicted molar refractivity (Wildman–Crippen MR) is 132 cm³/mol. The molecule has 2 aliphatic rings. The van der Waals surface area contributed by atoms with Gasteiger partial charge in [0, 0.05) is 41.8 Å². The van der Waals surface area contributed by atoms with Crippen molar-refractivity contribution in [1.29, 1.82) is 0 Å². The van der Waals surface area contributed by atoms with Crippen LogP contribution in [0.1, 0.15) is 34.5 Å². The van der Waals surface area contributed by atoms with Crippen molar-refractivity contribution in [3.05, 3.63) is 52.9 Å². The number of aromatic nitrogens is 1.